The van der Waals surface area contributed by atoms with Crippen molar-refractivity contribution in [2.75, 3.05) is 0 Å². The van der Waals surface area contributed by atoms with E-state index in [4.69, 9.17) is 11.6 Å². The molecule has 21 heavy (non-hydrogen) atoms. The molecule has 0 unspecified atom stereocenters. The highest BCUT2D eigenvalue weighted by molar-refractivity contribution is 6.30. The Bertz CT molecular complexity index is 659. The minimum absolute atomic E-state index is 0.119. The predicted molar refractivity (Wildman–Crippen MR) is 85.4 cm³/mol. The van der Waals surface area contributed by atoms with Gasteiger partial charge in [-0.25, -0.2) is 0 Å². The molecule has 1 N–H and O–H groups in total. The van der Waals surface area contributed by atoms with Gasteiger partial charge in [0.2, 0.25) is 5.91 Å². The number of carbonyl (C=O) groups excluding carboxylic acids is 1. The molecule has 0 bridgehead atoms. The minimum Gasteiger partial charge on any atom is -0.351 e. The lowest BCUT2D eigenvalue weighted by Crippen LogP contribution is -2.34. The van der Waals surface area contributed by atoms with E-state index in [1.165, 1.54) is 5.56 Å². The molecule has 3 rings (SSSR count). The first-order chi connectivity index (χ1) is 10.1. The third kappa shape index (κ3) is 2.81. The van der Waals surface area contributed by atoms with E-state index in [-0.39, 0.29) is 11.3 Å². The zero-order chi connectivity index (χ0) is 14.9. The summed E-state index contributed by atoms with van der Waals surface area (Å²) in [6, 6.07) is 15.8. The van der Waals surface area contributed by atoms with Crippen molar-refractivity contribution in [1.29, 1.82) is 0 Å². The highest BCUT2D eigenvalue weighted by atomic mass is 35.5. The highest BCUT2D eigenvalue weighted by Crippen LogP contribution is 2.48. The third-order valence-electron chi connectivity index (χ3n) is 4.28. The van der Waals surface area contributed by atoms with E-state index < -0.39 is 0 Å². The quantitative estimate of drug-likeness (QED) is 0.908. The summed E-state index contributed by atoms with van der Waals surface area (Å²) < 4.78 is 0. The Morgan fingerprint density at radius 2 is 1.81 bits per heavy atom. The van der Waals surface area contributed by atoms with Gasteiger partial charge >= 0.3 is 0 Å². The van der Waals surface area contributed by atoms with Gasteiger partial charge in [0.05, 0.1) is 5.41 Å². The van der Waals surface area contributed by atoms with Crippen molar-refractivity contribution in [3.63, 3.8) is 0 Å². The Labute approximate surface area is 130 Å². The van der Waals surface area contributed by atoms with Gasteiger partial charge in [0.1, 0.15) is 0 Å². The van der Waals surface area contributed by atoms with Crippen LogP contribution in [0.5, 0.6) is 0 Å². The molecule has 1 aliphatic rings. The van der Waals surface area contributed by atoms with Crippen molar-refractivity contribution < 1.29 is 4.79 Å². The van der Waals surface area contributed by atoms with Crippen molar-refractivity contribution in [2.45, 2.75) is 31.7 Å². The summed E-state index contributed by atoms with van der Waals surface area (Å²) in [5.74, 6) is 0.119. The van der Waals surface area contributed by atoms with Gasteiger partial charge in [-0.3, -0.25) is 4.79 Å². The van der Waals surface area contributed by atoms with Crippen LogP contribution in [-0.4, -0.2) is 5.91 Å². The van der Waals surface area contributed by atoms with Crippen LogP contribution in [0.2, 0.25) is 5.02 Å². The fraction of sp³-hybridized carbons (Fsp3) is 0.278. The lowest BCUT2D eigenvalue weighted by Gasteiger charge is -2.16. The first-order valence-electron chi connectivity index (χ1n) is 7.21. The van der Waals surface area contributed by atoms with Crippen molar-refractivity contribution in [3.8, 4) is 0 Å². The molecule has 2 aromatic rings. The number of rotatable bonds is 4. The predicted octanol–water partition coefficient (Wildman–Crippen LogP) is 4.00. The molecule has 0 saturated heterocycles. The Balaban J connectivity index is 1.71. The minimum atomic E-state index is -0.340. The average molecular weight is 300 g/mol. The zero-order valence-electron chi connectivity index (χ0n) is 12.0. The van der Waals surface area contributed by atoms with Crippen molar-refractivity contribution in [3.05, 3.63) is 70.2 Å². The maximum absolute atomic E-state index is 12.6. The van der Waals surface area contributed by atoms with Gasteiger partial charge in [-0.15, -0.1) is 0 Å². The lowest BCUT2D eigenvalue weighted by molar-refractivity contribution is -0.123. The number of hydrogen-bond donors (Lipinski definition) is 1. The number of hydrogen-bond acceptors (Lipinski definition) is 1. The maximum Gasteiger partial charge on any atom is 0.230 e. The van der Waals surface area contributed by atoms with Crippen LogP contribution in [0.15, 0.2) is 48.5 Å². The van der Waals surface area contributed by atoms with Crippen LogP contribution in [0.25, 0.3) is 0 Å². The number of benzene rings is 2. The van der Waals surface area contributed by atoms with E-state index in [1.807, 2.05) is 36.4 Å². The molecule has 0 spiro atoms. The first kappa shape index (κ1) is 14.2. The summed E-state index contributed by atoms with van der Waals surface area (Å²) in [4.78, 5) is 12.6. The molecule has 0 heterocycles. The Morgan fingerprint density at radius 3 is 2.43 bits per heavy atom. The lowest BCUT2D eigenvalue weighted by atomic mass is 9.95. The normalized spacial score (nSPS) is 15.5. The molecule has 1 aliphatic carbocycles. The summed E-state index contributed by atoms with van der Waals surface area (Å²) in [7, 11) is 0. The summed E-state index contributed by atoms with van der Waals surface area (Å²) in [6.07, 6.45) is 1.82. The van der Waals surface area contributed by atoms with Crippen molar-refractivity contribution >= 4 is 17.5 Å². The summed E-state index contributed by atoms with van der Waals surface area (Å²) in [5, 5.41) is 3.79. The Morgan fingerprint density at radius 1 is 1.14 bits per heavy atom. The third-order valence-corrected chi connectivity index (χ3v) is 4.53. The SMILES string of the molecule is Cc1ccccc1CNC(=O)C1(c2ccc(Cl)cc2)CC1. The van der Waals surface area contributed by atoms with E-state index in [1.54, 1.807) is 0 Å². The molecule has 1 saturated carbocycles. The molecule has 108 valence electrons. The van der Waals surface area contributed by atoms with Crippen LogP contribution in [0.1, 0.15) is 29.5 Å². The molecular formula is C18H18ClNO. The summed E-state index contributed by atoms with van der Waals surface area (Å²) >= 11 is 5.92. The van der Waals surface area contributed by atoms with E-state index in [0.717, 1.165) is 24.0 Å². The molecule has 1 fully saturated rings. The monoisotopic (exact) mass is 299 g/mol. The number of amides is 1. The number of carbonyl (C=O) groups is 1. The van der Waals surface area contributed by atoms with Crippen LogP contribution in [0.4, 0.5) is 0 Å². The van der Waals surface area contributed by atoms with Crippen LogP contribution in [-0.2, 0) is 16.8 Å². The fourth-order valence-electron chi connectivity index (χ4n) is 2.69. The molecular weight excluding hydrogens is 282 g/mol. The molecule has 0 aliphatic heterocycles. The number of aryl methyl sites for hydroxylation is 1. The van der Waals surface area contributed by atoms with Gasteiger partial charge in [-0.1, -0.05) is 48.0 Å². The smallest absolute Gasteiger partial charge is 0.230 e. The number of halogens is 1. The standard InChI is InChI=1S/C18H18ClNO/c1-13-4-2-3-5-14(13)12-20-17(21)18(10-11-18)15-6-8-16(19)9-7-15/h2-9H,10-12H2,1H3,(H,20,21). The van der Waals surface area contributed by atoms with Crippen molar-refractivity contribution in [2.24, 2.45) is 0 Å². The molecule has 0 atom stereocenters. The second-order valence-electron chi connectivity index (χ2n) is 5.70. The van der Waals surface area contributed by atoms with Gasteiger partial charge in [-0.05, 0) is 48.6 Å². The Hall–Kier alpha value is -1.80. The Kier molecular flexibility index (Phi) is 3.73. The van der Waals surface area contributed by atoms with E-state index in [2.05, 4.69) is 24.4 Å². The average Bonchev–Trinajstić information content (AvgIpc) is 3.28. The molecule has 0 aromatic heterocycles. The van der Waals surface area contributed by atoms with Crippen LogP contribution in [0, 0.1) is 6.92 Å². The molecule has 2 nitrogen and oxygen atoms in total. The van der Waals surface area contributed by atoms with Gasteiger partial charge in [-0.2, -0.15) is 0 Å². The second-order valence-corrected chi connectivity index (χ2v) is 6.13. The highest BCUT2D eigenvalue weighted by Gasteiger charge is 2.50. The molecule has 1 amide bonds. The zero-order valence-corrected chi connectivity index (χ0v) is 12.8. The molecule has 2 aromatic carbocycles. The molecule has 3 heteroatoms. The fourth-order valence-corrected chi connectivity index (χ4v) is 2.82. The van der Waals surface area contributed by atoms with Crippen LogP contribution >= 0.6 is 11.6 Å². The van der Waals surface area contributed by atoms with Crippen LogP contribution in [0.3, 0.4) is 0 Å². The van der Waals surface area contributed by atoms with Crippen LogP contribution < -0.4 is 5.32 Å². The van der Waals surface area contributed by atoms with Gasteiger partial charge in [0.25, 0.3) is 0 Å². The second kappa shape index (κ2) is 5.53. The molecule has 0 radical (unpaired) electrons. The maximum atomic E-state index is 12.6. The summed E-state index contributed by atoms with van der Waals surface area (Å²) in [5.41, 5.74) is 3.09. The van der Waals surface area contributed by atoms with Gasteiger partial charge in [0.15, 0.2) is 0 Å². The first-order valence-corrected chi connectivity index (χ1v) is 7.58. The summed E-state index contributed by atoms with van der Waals surface area (Å²) in [6.45, 7) is 2.65. The number of nitrogens with one attached hydrogen (secondary N) is 1. The van der Waals surface area contributed by atoms with Crippen molar-refractivity contribution in [1.82, 2.24) is 5.32 Å². The van der Waals surface area contributed by atoms with Gasteiger partial charge in [0, 0.05) is 11.6 Å². The van der Waals surface area contributed by atoms with Gasteiger partial charge < -0.3 is 5.32 Å². The van der Waals surface area contributed by atoms with E-state index >= 15 is 0 Å². The van der Waals surface area contributed by atoms with E-state index in [9.17, 15) is 4.79 Å². The largest absolute Gasteiger partial charge is 0.351 e. The topological polar surface area (TPSA) is 29.1 Å². The van der Waals surface area contributed by atoms with E-state index in [0.29, 0.717) is 11.6 Å².